The molecule has 0 aliphatic carbocycles. The molecule has 2 nitrogen and oxygen atoms in total. The fourth-order valence-corrected chi connectivity index (χ4v) is 3.87. The minimum absolute atomic E-state index is 0.0632. The molecule has 0 aliphatic heterocycles. The first kappa shape index (κ1) is 19.2. The molecule has 2 aromatic carbocycles. The maximum absolute atomic E-state index is 12.6. The van der Waals surface area contributed by atoms with Gasteiger partial charge in [-0.25, -0.2) is 0 Å². The van der Waals surface area contributed by atoms with Gasteiger partial charge in [-0.2, -0.15) is 0 Å². The molecule has 0 aliphatic rings. The van der Waals surface area contributed by atoms with Crippen LogP contribution in [0, 0.1) is 0 Å². The van der Waals surface area contributed by atoms with Crippen molar-refractivity contribution in [1.82, 2.24) is 0 Å². The molecule has 1 N–H and O–H groups in total. The lowest BCUT2D eigenvalue weighted by Gasteiger charge is -2.18. The van der Waals surface area contributed by atoms with Crippen molar-refractivity contribution in [3.05, 3.63) is 58.1 Å². The van der Waals surface area contributed by atoms with Crippen molar-refractivity contribution < 1.29 is 4.79 Å². The zero-order valence-electron chi connectivity index (χ0n) is 14.0. The van der Waals surface area contributed by atoms with Crippen molar-refractivity contribution in [2.75, 3.05) is 5.32 Å². The van der Waals surface area contributed by atoms with Crippen LogP contribution in [0.2, 0.25) is 10.0 Å². The highest BCUT2D eigenvalue weighted by Gasteiger charge is 2.19. The molecule has 128 valence electrons. The Bertz CT molecular complexity index is 700. The van der Waals surface area contributed by atoms with Gasteiger partial charge in [0.05, 0.1) is 15.3 Å². The summed E-state index contributed by atoms with van der Waals surface area (Å²) in [6, 6.07) is 13.3. The number of para-hydroxylation sites is 1. The second-order valence-corrected chi connectivity index (χ2v) is 7.86. The summed E-state index contributed by atoms with van der Waals surface area (Å²) in [4.78, 5) is 13.3. The molecule has 0 radical (unpaired) electrons. The van der Waals surface area contributed by atoms with Crippen molar-refractivity contribution in [2.45, 2.75) is 43.3 Å². The minimum Gasteiger partial charge on any atom is -0.325 e. The summed E-state index contributed by atoms with van der Waals surface area (Å²) < 4.78 is 0. The van der Waals surface area contributed by atoms with Crippen LogP contribution in [0.15, 0.2) is 47.4 Å². The molecular weight excluding hydrogens is 361 g/mol. The third kappa shape index (κ3) is 4.69. The van der Waals surface area contributed by atoms with Crippen molar-refractivity contribution in [3.8, 4) is 0 Å². The average molecular weight is 382 g/mol. The van der Waals surface area contributed by atoms with Gasteiger partial charge in [0.25, 0.3) is 0 Å². The SMILES string of the molecule is CC[C@@H](C)c1ccccc1NC(=O)[C@H](C)Sc1c(Cl)cccc1Cl. The Morgan fingerprint density at radius 2 is 1.71 bits per heavy atom. The van der Waals surface area contributed by atoms with Gasteiger partial charge in [-0.1, -0.05) is 61.3 Å². The zero-order valence-corrected chi connectivity index (χ0v) is 16.3. The van der Waals surface area contributed by atoms with Crippen LogP contribution in [0.3, 0.4) is 0 Å². The van der Waals surface area contributed by atoms with Crippen molar-refractivity contribution in [1.29, 1.82) is 0 Å². The highest BCUT2D eigenvalue weighted by Crippen LogP contribution is 2.37. The van der Waals surface area contributed by atoms with Gasteiger partial charge in [0, 0.05) is 10.6 Å². The predicted molar refractivity (Wildman–Crippen MR) is 106 cm³/mol. The van der Waals surface area contributed by atoms with Crippen LogP contribution in [0.1, 0.15) is 38.7 Å². The van der Waals surface area contributed by atoms with E-state index in [-0.39, 0.29) is 11.2 Å². The van der Waals surface area contributed by atoms with E-state index < -0.39 is 0 Å². The number of nitrogens with one attached hydrogen (secondary N) is 1. The summed E-state index contributed by atoms with van der Waals surface area (Å²) in [5.74, 6) is 0.328. The number of hydrogen-bond acceptors (Lipinski definition) is 2. The first-order chi connectivity index (χ1) is 11.4. The summed E-state index contributed by atoms with van der Waals surface area (Å²) in [6.07, 6.45) is 1.02. The van der Waals surface area contributed by atoms with Gasteiger partial charge in [-0.15, -0.1) is 11.8 Å². The van der Waals surface area contributed by atoms with E-state index in [1.165, 1.54) is 11.8 Å². The first-order valence-corrected chi connectivity index (χ1v) is 9.58. The van der Waals surface area contributed by atoms with Crippen LogP contribution in [-0.2, 0) is 4.79 Å². The van der Waals surface area contributed by atoms with E-state index in [1.54, 1.807) is 18.2 Å². The summed E-state index contributed by atoms with van der Waals surface area (Å²) in [6.45, 7) is 6.15. The third-order valence-corrected chi connectivity index (χ3v) is 6.04. The van der Waals surface area contributed by atoms with Gasteiger partial charge in [-0.05, 0) is 43.0 Å². The molecule has 5 heteroatoms. The Balaban J connectivity index is 2.13. The summed E-state index contributed by atoms with van der Waals surface area (Å²) in [5.41, 5.74) is 2.02. The molecule has 2 atom stereocenters. The van der Waals surface area contributed by atoms with Gasteiger partial charge in [0.1, 0.15) is 0 Å². The van der Waals surface area contributed by atoms with E-state index in [4.69, 9.17) is 23.2 Å². The molecule has 0 unspecified atom stereocenters. The molecule has 0 fully saturated rings. The second kappa shape index (κ2) is 8.80. The van der Waals surface area contributed by atoms with E-state index in [0.29, 0.717) is 16.0 Å². The monoisotopic (exact) mass is 381 g/mol. The van der Waals surface area contributed by atoms with Crippen LogP contribution in [0.25, 0.3) is 0 Å². The van der Waals surface area contributed by atoms with E-state index in [2.05, 4.69) is 25.2 Å². The first-order valence-electron chi connectivity index (χ1n) is 7.94. The zero-order chi connectivity index (χ0) is 17.7. The van der Waals surface area contributed by atoms with Gasteiger partial charge < -0.3 is 5.32 Å². The number of halogens is 2. The van der Waals surface area contributed by atoms with Crippen LogP contribution < -0.4 is 5.32 Å². The Morgan fingerprint density at radius 3 is 2.33 bits per heavy atom. The molecule has 0 heterocycles. The Labute approximate surface area is 157 Å². The lowest BCUT2D eigenvalue weighted by Crippen LogP contribution is -2.23. The number of carbonyl (C=O) groups is 1. The lowest BCUT2D eigenvalue weighted by molar-refractivity contribution is -0.115. The van der Waals surface area contributed by atoms with Gasteiger partial charge in [-0.3, -0.25) is 4.79 Å². The Hall–Kier alpha value is -1.16. The molecular formula is C19H21Cl2NOS. The highest BCUT2D eigenvalue weighted by molar-refractivity contribution is 8.00. The Kier molecular flexibility index (Phi) is 7.02. The second-order valence-electron chi connectivity index (χ2n) is 5.70. The smallest absolute Gasteiger partial charge is 0.237 e. The highest BCUT2D eigenvalue weighted by atomic mass is 35.5. The van der Waals surface area contributed by atoms with Crippen molar-refractivity contribution in [2.24, 2.45) is 0 Å². The molecule has 0 spiro atoms. The normalized spacial score (nSPS) is 13.4. The molecule has 0 saturated carbocycles. The number of rotatable bonds is 6. The molecule has 0 bridgehead atoms. The van der Waals surface area contributed by atoms with Crippen LogP contribution in [0.5, 0.6) is 0 Å². The summed E-state index contributed by atoms with van der Waals surface area (Å²) in [5, 5.41) is 3.85. The number of thioether (sulfide) groups is 1. The Morgan fingerprint density at radius 1 is 1.08 bits per heavy atom. The van der Waals surface area contributed by atoms with Crippen molar-refractivity contribution >= 4 is 46.6 Å². The molecule has 1 amide bonds. The van der Waals surface area contributed by atoms with E-state index in [1.807, 2.05) is 25.1 Å². The quantitative estimate of drug-likeness (QED) is 0.569. The summed E-state index contributed by atoms with van der Waals surface area (Å²) in [7, 11) is 0. The number of amides is 1. The number of carbonyl (C=O) groups excluding carboxylic acids is 1. The van der Waals surface area contributed by atoms with Crippen LogP contribution >= 0.6 is 35.0 Å². The molecule has 2 rings (SSSR count). The van der Waals surface area contributed by atoms with Gasteiger partial charge in [0.2, 0.25) is 5.91 Å². The molecule has 2 aromatic rings. The van der Waals surface area contributed by atoms with E-state index in [9.17, 15) is 4.79 Å². The van der Waals surface area contributed by atoms with E-state index in [0.717, 1.165) is 22.6 Å². The van der Waals surface area contributed by atoms with Crippen LogP contribution in [-0.4, -0.2) is 11.2 Å². The average Bonchev–Trinajstić information content (AvgIpc) is 2.57. The third-order valence-electron chi connectivity index (χ3n) is 3.94. The fraction of sp³-hybridized carbons (Fsp3) is 0.316. The largest absolute Gasteiger partial charge is 0.325 e. The maximum atomic E-state index is 12.6. The molecule has 0 aromatic heterocycles. The maximum Gasteiger partial charge on any atom is 0.237 e. The predicted octanol–water partition coefficient (Wildman–Crippen LogP) is 6.63. The topological polar surface area (TPSA) is 29.1 Å². The fourth-order valence-electron chi connectivity index (χ4n) is 2.32. The van der Waals surface area contributed by atoms with Gasteiger partial charge in [0.15, 0.2) is 0 Å². The van der Waals surface area contributed by atoms with E-state index >= 15 is 0 Å². The standard InChI is InChI=1S/C19H21Cl2NOS/c1-4-12(2)14-8-5-6-11-17(14)22-19(23)13(3)24-18-15(20)9-7-10-16(18)21/h5-13H,4H2,1-3H3,(H,22,23)/t12-,13+/m1/s1. The minimum atomic E-state index is -0.313. The molecule has 24 heavy (non-hydrogen) atoms. The number of benzene rings is 2. The van der Waals surface area contributed by atoms with Crippen LogP contribution in [0.4, 0.5) is 5.69 Å². The van der Waals surface area contributed by atoms with Gasteiger partial charge >= 0.3 is 0 Å². The summed E-state index contributed by atoms with van der Waals surface area (Å²) >= 11 is 13.7. The lowest BCUT2D eigenvalue weighted by atomic mass is 9.97. The molecule has 0 saturated heterocycles. The number of anilines is 1. The number of hydrogen-bond donors (Lipinski definition) is 1. The van der Waals surface area contributed by atoms with Crippen molar-refractivity contribution in [3.63, 3.8) is 0 Å².